The van der Waals surface area contributed by atoms with Gasteiger partial charge < -0.3 is 11.1 Å². The van der Waals surface area contributed by atoms with Crippen molar-refractivity contribution in [2.75, 3.05) is 18.6 Å². The minimum absolute atomic E-state index is 0.181. The maximum Gasteiger partial charge on any atom is 0.220 e. The number of rotatable bonds is 9. The van der Waals surface area contributed by atoms with Gasteiger partial charge in [-0.05, 0) is 44.7 Å². The molecule has 3 nitrogen and oxygen atoms in total. The van der Waals surface area contributed by atoms with Crippen LogP contribution in [0.3, 0.4) is 0 Å². The lowest BCUT2D eigenvalue weighted by atomic mass is 10.1. The highest BCUT2D eigenvalue weighted by Crippen LogP contribution is 2.02. The fraction of sp³-hybridized carbons (Fsp3) is 0.909. The van der Waals surface area contributed by atoms with Crippen molar-refractivity contribution >= 4 is 17.7 Å². The summed E-state index contributed by atoms with van der Waals surface area (Å²) >= 11 is 1.82. The molecule has 0 saturated carbocycles. The first-order valence-electron chi connectivity index (χ1n) is 5.69. The van der Waals surface area contributed by atoms with E-state index in [0.717, 1.165) is 38.0 Å². The fourth-order valence-corrected chi connectivity index (χ4v) is 1.91. The average molecular weight is 232 g/mol. The van der Waals surface area contributed by atoms with Crippen molar-refractivity contribution in [2.45, 2.75) is 45.1 Å². The number of carbonyl (C=O) groups excluding carboxylic acids is 1. The van der Waals surface area contributed by atoms with Gasteiger partial charge in [0.15, 0.2) is 0 Å². The van der Waals surface area contributed by atoms with E-state index in [2.05, 4.69) is 18.5 Å². The Bertz CT molecular complexity index is 165. The molecule has 0 aromatic rings. The van der Waals surface area contributed by atoms with Crippen LogP contribution in [-0.2, 0) is 4.79 Å². The molecule has 0 aliphatic carbocycles. The molecule has 1 amide bonds. The van der Waals surface area contributed by atoms with E-state index in [1.54, 1.807) is 0 Å². The van der Waals surface area contributed by atoms with Crippen molar-refractivity contribution in [3.8, 4) is 0 Å². The molecule has 0 aromatic heterocycles. The smallest absolute Gasteiger partial charge is 0.220 e. The summed E-state index contributed by atoms with van der Waals surface area (Å²) in [6.45, 7) is 2.79. The lowest BCUT2D eigenvalue weighted by Crippen LogP contribution is -2.32. The summed E-state index contributed by atoms with van der Waals surface area (Å²) in [6, 6.07) is 0.305. The zero-order valence-electron chi connectivity index (χ0n) is 9.92. The van der Waals surface area contributed by atoms with Gasteiger partial charge in [0.05, 0.1) is 0 Å². The standard InChI is InChI=1S/C11H24N2OS/c1-10(7-9-15-2)13-11(14)6-4-3-5-8-12/h10H,3-9,12H2,1-2H3,(H,13,14). The van der Waals surface area contributed by atoms with Crippen LogP contribution in [0.15, 0.2) is 0 Å². The van der Waals surface area contributed by atoms with E-state index >= 15 is 0 Å². The van der Waals surface area contributed by atoms with Gasteiger partial charge in [-0.1, -0.05) is 6.42 Å². The van der Waals surface area contributed by atoms with Gasteiger partial charge in [-0.15, -0.1) is 0 Å². The van der Waals surface area contributed by atoms with Gasteiger partial charge in [-0.25, -0.2) is 0 Å². The van der Waals surface area contributed by atoms with Crippen molar-refractivity contribution < 1.29 is 4.79 Å². The van der Waals surface area contributed by atoms with Crippen LogP contribution < -0.4 is 11.1 Å². The van der Waals surface area contributed by atoms with E-state index in [-0.39, 0.29) is 5.91 Å². The van der Waals surface area contributed by atoms with Gasteiger partial charge in [0.2, 0.25) is 5.91 Å². The summed E-state index contributed by atoms with van der Waals surface area (Å²) in [7, 11) is 0. The predicted molar refractivity (Wildman–Crippen MR) is 68.1 cm³/mol. The second-order valence-electron chi connectivity index (χ2n) is 3.85. The van der Waals surface area contributed by atoms with Gasteiger partial charge in [0.1, 0.15) is 0 Å². The maximum absolute atomic E-state index is 11.4. The molecule has 90 valence electrons. The molecule has 4 heteroatoms. The Kier molecular flexibility index (Phi) is 10.2. The zero-order valence-corrected chi connectivity index (χ0v) is 10.7. The normalized spacial score (nSPS) is 12.5. The number of nitrogens with one attached hydrogen (secondary N) is 1. The van der Waals surface area contributed by atoms with Crippen molar-refractivity contribution in [2.24, 2.45) is 5.73 Å². The first-order chi connectivity index (χ1) is 7.20. The number of carbonyl (C=O) groups is 1. The van der Waals surface area contributed by atoms with Crippen LogP contribution in [0.1, 0.15) is 39.0 Å². The summed E-state index contributed by atoms with van der Waals surface area (Å²) < 4.78 is 0. The van der Waals surface area contributed by atoms with Crippen molar-refractivity contribution in [1.29, 1.82) is 0 Å². The molecule has 0 aromatic carbocycles. The van der Waals surface area contributed by atoms with E-state index in [0.29, 0.717) is 12.5 Å². The average Bonchev–Trinajstić information content (AvgIpc) is 2.21. The quantitative estimate of drug-likeness (QED) is 0.596. The molecule has 0 saturated heterocycles. The number of nitrogens with two attached hydrogens (primary N) is 1. The van der Waals surface area contributed by atoms with Crippen LogP contribution >= 0.6 is 11.8 Å². The molecule has 1 atom stereocenters. The van der Waals surface area contributed by atoms with Gasteiger partial charge in [0.25, 0.3) is 0 Å². The lowest BCUT2D eigenvalue weighted by molar-refractivity contribution is -0.121. The second-order valence-corrected chi connectivity index (χ2v) is 4.83. The highest BCUT2D eigenvalue weighted by molar-refractivity contribution is 7.98. The number of thioether (sulfide) groups is 1. The van der Waals surface area contributed by atoms with Gasteiger partial charge in [0, 0.05) is 12.5 Å². The van der Waals surface area contributed by atoms with E-state index in [1.165, 1.54) is 0 Å². The summed E-state index contributed by atoms with van der Waals surface area (Å²) in [5.41, 5.74) is 5.38. The van der Waals surface area contributed by atoms with Crippen molar-refractivity contribution in [3.05, 3.63) is 0 Å². The molecular formula is C11H24N2OS. The third-order valence-electron chi connectivity index (χ3n) is 2.27. The first kappa shape index (κ1) is 14.8. The van der Waals surface area contributed by atoms with Crippen LogP contribution in [0, 0.1) is 0 Å². The highest BCUT2D eigenvalue weighted by atomic mass is 32.2. The number of unbranched alkanes of at least 4 members (excludes halogenated alkanes) is 2. The summed E-state index contributed by atoms with van der Waals surface area (Å²) in [6.07, 6.45) is 6.82. The molecule has 0 radical (unpaired) electrons. The molecule has 3 N–H and O–H groups in total. The summed E-state index contributed by atoms with van der Waals surface area (Å²) in [4.78, 5) is 11.4. The monoisotopic (exact) mass is 232 g/mol. The van der Waals surface area contributed by atoms with Crippen molar-refractivity contribution in [3.63, 3.8) is 0 Å². The molecule has 0 fully saturated rings. The summed E-state index contributed by atoms with van der Waals surface area (Å²) in [5, 5.41) is 3.01. The van der Waals surface area contributed by atoms with Gasteiger partial charge in [-0.2, -0.15) is 11.8 Å². The van der Waals surface area contributed by atoms with E-state index < -0.39 is 0 Å². The molecule has 0 aliphatic rings. The van der Waals surface area contributed by atoms with Gasteiger partial charge in [-0.3, -0.25) is 4.79 Å². The molecular weight excluding hydrogens is 208 g/mol. The highest BCUT2D eigenvalue weighted by Gasteiger charge is 2.05. The minimum Gasteiger partial charge on any atom is -0.354 e. The molecule has 0 bridgehead atoms. The Morgan fingerprint density at radius 3 is 2.73 bits per heavy atom. The van der Waals surface area contributed by atoms with E-state index in [4.69, 9.17) is 5.73 Å². The molecule has 15 heavy (non-hydrogen) atoms. The molecule has 0 rings (SSSR count). The Morgan fingerprint density at radius 1 is 1.40 bits per heavy atom. The largest absolute Gasteiger partial charge is 0.354 e. The zero-order chi connectivity index (χ0) is 11.5. The van der Waals surface area contributed by atoms with Crippen LogP contribution in [0.4, 0.5) is 0 Å². The Hall–Kier alpha value is -0.220. The Morgan fingerprint density at radius 2 is 2.13 bits per heavy atom. The number of hydrogen-bond acceptors (Lipinski definition) is 3. The van der Waals surface area contributed by atoms with Crippen molar-refractivity contribution in [1.82, 2.24) is 5.32 Å². The van der Waals surface area contributed by atoms with Crippen LogP contribution in [-0.4, -0.2) is 30.5 Å². The van der Waals surface area contributed by atoms with Crippen LogP contribution in [0.25, 0.3) is 0 Å². The number of amides is 1. The summed E-state index contributed by atoms with van der Waals surface area (Å²) in [5.74, 6) is 1.29. The fourth-order valence-electron chi connectivity index (χ4n) is 1.32. The van der Waals surface area contributed by atoms with E-state index in [9.17, 15) is 4.79 Å². The lowest BCUT2D eigenvalue weighted by Gasteiger charge is -2.12. The van der Waals surface area contributed by atoms with E-state index in [1.807, 2.05) is 11.8 Å². The topological polar surface area (TPSA) is 55.1 Å². The molecule has 0 spiro atoms. The second kappa shape index (κ2) is 10.3. The molecule has 1 unspecified atom stereocenters. The maximum atomic E-state index is 11.4. The third kappa shape index (κ3) is 10.1. The minimum atomic E-state index is 0.181. The first-order valence-corrected chi connectivity index (χ1v) is 7.08. The SMILES string of the molecule is CSCCC(C)NC(=O)CCCCCN. The third-order valence-corrected chi connectivity index (χ3v) is 2.91. The van der Waals surface area contributed by atoms with Gasteiger partial charge >= 0.3 is 0 Å². The van der Waals surface area contributed by atoms with Crippen LogP contribution in [0.2, 0.25) is 0 Å². The number of hydrogen-bond donors (Lipinski definition) is 2. The van der Waals surface area contributed by atoms with Crippen LogP contribution in [0.5, 0.6) is 0 Å². The molecule has 0 aliphatic heterocycles. The predicted octanol–water partition coefficient (Wildman–Crippen LogP) is 1.76. The Balaban J connectivity index is 3.38. The molecule has 0 heterocycles. The Labute approximate surface area is 97.6 Å².